The molecule has 0 saturated heterocycles. The van der Waals surface area contributed by atoms with Crippen LogP contribution in [0.25, 0.3) is 0 Å². The van der Waals surface area contributed by atoms with Crippen LogP contribution < -0.4 is 0 Å². The zero-order valence-corrected chi connectivity index (χ0v) is 3.66. The Labute approximate surface area is 41.1 Å². The second-order valence-electron chi connectivity index (χ2n) is 0.194. The molecule has 0 spiro atoms. The summed E-state index contributed by atoms with van der Waals surface area (Å²) in [5.74, 6) is 0. The summed E-state index contributed by atoms with van der Waals surface area (Å²) in [6, 6.07) is 0. The molecule has 36 valence electrons. The van der Waals surface area contributed by atoms with Gasteiger partial charge in [-0.2, -0.15) is 0 Å². The van der Waals surface area contributed by atoms with Gasteiger partial charge in [0.05, 0.1) is 11.1 Å². The molecule has 0 aromatic rings. The van der Waals surface area contributed by atoms with Crippen molar-refractivity contribution >= 4 is 11.1 Å². The summed E-state index contributed by atoms with van der Waals surface area (Å²) in [7, 11) is 0. The Balaban J connectivity index is 0. The molecule has 0 N–H and O–H groups in total. The SMILES string of the molecule is O=[S-](=O)F.[Cu+]. The van der Waals surface area contributed by atoms with Crippen LogP contribution in [0.3, 0.4) is 0 Å². The molecule has 0 unspecified atom stereocenters. The summed E-state index contributed by atoms with van der Waals surface area (Å²) in [6.07, 6.45) is 0. The van der Waals surface area contributed by atoms with E-state index in [2.05, 4.69) is 0 Å². The van der Waals surface area contributed by atoms with Gasteiger partial charge in [0.1, 0.15) is 0 Å². The molecular weight excluding hydrogens is 147 g/mol. The van der Waals surface area contributed by atoms with E-state index in [-0.39, 0.29) is 17.1 Å². The molecule has 0 saturated carbocycles. The van der Waals surface area contributed by atoms with Crippen LogP contribution in [0.2, 0.25) is 0 Å². The summed E-state index contributed by atoms with van der Waals surface area (Å²) >= 11 is -3.36. The third-order valence-corrected chi connectivity index (χ3v) is 0. The molecule has 0 heterocycles. The molecule has 0 aromatic carbocycles. The molecule has 0 fully saturated rings. The maximum Gasteiger partial charge on any atom is 1.00 e. The predicted molar refractivity (Wildman–Crippen MR) is 9.85 cm³/mol. The van der Waals surface area contributed by atoms with Crippen LogP contribution in [0, 0.1) is 0 Å². The van der Waals surface area contributed by atoms with Crippen LogP contribution in [-0.2, 0) is 36.6 Å². The molecule has 0 bridgehead atoms. The van der Waals surface area contributed by atoms with Crippen LogP contribution in [0.4, 0.5) is 3.89 Å². The van der Waals surface area contributed by atoms with E-state index < -0.39 is 11.1 Å². The van der Waals surface area contributed by atoms with E-state index >= 15 is 0 Å². The Bertz CT molecular complexity index is 58.0. The van der Waals surface area contributed by atoms with Gasteiger partial charge in [-0.3, -0.25) is 0 Å². The van der Waals surface area contributed by atoms with E-state index in [0.29, 0.717) is 0 Å². The van der Waals surface area contributed by atoms with Crippen molar-refractivity contribution in [2.45, 2.75) is 0 Å². The zero-order chi connectivity index (χ0) is 3.58. The van der Waals surface area contributed by atoms with Gasteiger partial charge in [0.25, 0.3) is 0 Å². The fourth-order valence-corrected chi connectivity index (χ4v) is 0. The Morgan fingerprint density at radius 1 is 1.40 bits per heavy atom. The third-order valence-electron chi connectivity index (χ3n) is 0. The van der Waals surface area contributed by atoms with Crippen LogP contribution in [-0.4, -0.2) is 0 Å². The van der Waals surface area contributed by atoms with Gasteiger partial charge in [-0.1, -0.05) is 0 Å². The number of hydrogen-bond acceptors (Lipinski definition) is 3. The monoisotopic (exact) mass is 146 g/mol. The van der Waals surface area contributed by atoms with Crippen LogP contribution in [0.15, 0.2) is 0 Å². The molecular formula is CuFO2S. The molecule has 0 aromatic heterocycles. The first-order valence-corrected chi connectivity index (χ1v) is 1.46. The summed E-state index contributed by atoms with van der Waals surface area (Å²) < 4.78 is 26.6. The second-order valence-corrected chi connectivity index (χ2v) is 0.582. The fraction of sp³-hybridized carbons (Fsp3) is 0. The minimum atomic E-state index is -3.36. The Morgan fingerprint density at radius 3 is 1.40 bits per heavy atom. The third kappa shape index (κ3) is 159. The zero-order valence-electron chi connectivity index (χ0n) is 1.90. The van der Waals surface area contributed by atoms with Crippen molar-refractivity contribution in [1.29, 1.82) is 0 Å². The Hall–Kier alpha value is 0.399. The van der Waals surface area contributed by atoms with Crippen LogP contribution >= 0.6 is 0 Å². The van der Waals surface area contributed by atoms with E-state index in [1.165, 1.54) is 0 Å². The molecule has 0 atom stereocenters. The van der Waals surface area contributed by atoms with E-state index in [9.17, 15) is 3.89 Å². The predicted octanol–water partition coefficient (Wildman–Crippen LogP) is 0.178. The number of halogens is 1. The largest absolute Gasteiger partial charge is 1.00 e. The average molecular weight is 147 g/mol. The second kappa shape index (κ2) is 4.40. The van der Waals surface area contributed by atoms with Crippen LogP contribution in [0.5, 0.6) is 0 Å². The molecule has 0 aliphatic heterocycles. The summed E-state index contributed by atoms with van der Waals surface area (Å²) in [6.45, 7) is 0. The molecule has 5 heavy (non-hydrogen) atoms. The maximum atomic E-state index is 9.92. The van der Waals surface area contributed by atoms with Crippen molar-refractivity contribution < 1.29 is 29.4 Å². The van der Waals surface area contributed by atoms with Crippen molar-refractivity contribution in [3.8, 4) is 0 Å². The van der Waals surface area contributed by atoms with Gasteiger partial charge < -0.3 is 12.3 Å². The first-order valence-electron chi connectivity index (χ1n) is 0.488. The number of rotatable bonds is 0. The molecule has 5 heteroatoms. The molecule has 2 nitrogen and oxygen atoms in total. The van der Waals surface area contributed by atoms with Crippen molar-refractivity contribution in [2.24, 2.45) is 0 Å². The van der Waals surface area contributed by atoms with Crippen molar-refractivity contribution in [3.63, 3.8) is 0 Å². The summed E-state index contributed by atoms with van der Waals surface area (Å²) in [5.41, 5.74) is 0. The van der Waals surface area contributed by atoms with Gasteiger partial charge in [0.2, 0.25) is 0 Å². The van der Waals surface area contributed by atoms with Gasteiger partial charge >= 0.3 is 17.1 Å². The standard InChI is InChI=1S/Cu.FO2S/c;1-4(2)3/q+1;-1. The quantitative estimate of drug-likeness (QED) is 0.278. The van der Waals surface area contributed by atoms with E-state index in [4.69, 9.17) is 8.42 Å². The molecule has 0 aliphatic rings. The number of hydrogen-bond donors (Lipinski definition) is 0. The van der Waals surface area contributed by atoms with Gasteiger partial charge in [-0.15, -0.1) is 0 Å². The average Bonchev–Trinajstić information content (AvgIpc) is 0.811. The molecule has 0 amide bonds. The maximum absolute atomic E-state index is 9.92. The van der Waals surface area contributed by atoms with Gasteiger partial charge in [0, 0.05) is 0 Å². The smallest absolute Gasteiger partial charge is 0.392 e. The molecule has 0 rings (SSSR count). The van der Waals surface area contributed by atoms with Gasteiger partial charge in [0.15, 0.2) is 0 Å². The summed E-state index contributed by atoms with van der Waals surface area (Å²) in [4.78, 5) is 0. The normalized spacial score (nSPS) is 6.80. The molecule has 0 aliphatic carbocycles. The molecule has 0 radical (unpaired) electrons. The first-order chi connectivity index (χ1) is 1.73. The Morgan fingerprint density at radius 2 is 1.40 bits per heavy atom. The van der Waals surface area contributed by atoms with Crippen molar-refractivity contribution in [2.75, 3.05) is 0 Å². The minimum Gasteiger partial charge on any atom is -0.392 e. The van der Waals surface area contributed by atoms with Gasteiger partial charge in [-0.05, 0) is 0 Å². The van der Waals surface area contributed by atoms with Crippen molar-refractivity contribution in [1.82, 2.24) is 0 Å². The Kier molecular flexibility index (Phi) is 7.96. The first kappa shape index (κ1) is 9.04. The van der Waals surface area contributed by atoms with Crippen molar-refractivity contribution in [3.05, 3.63) is 0 Å². The fourth-order valence-electron chi connectivity index (χ4n) is 0. The van der Waals surface area contributed by atoms with Crippen LogP contribution in [0.1, 0.15) is 0 Å². The van der Waals surface area contributed by atoms with E-state index in [1.807, 2.05) is 0 Å². The van der Waals surface area contributed by atoms with E-state index in [0.717, 1.165) is 0 Å². The topological polar surface area (TPSA) is 34.1 Å². The van der Waals surface area contributed by atoms with Gasteiger partial charge in [-0.25, -0.2) is 0 Å². The summed E-state index contributed by atoms with van der Waals surface area (Å²) in [5, 5.41) is 0. The van der Waals surface area contributed by atoms with E-state index in [1.54, 1.807) is 0 Å². The minimum absolute atomic E-state index is 0.